The molecule has 1 fully saturated rings. The lowest BCUT2D eigenvalue weighted by Gasteiger charge is -2.21. The van der Waals surface area contributed by atoms with Crippen molar-refractivity contribution in [3.05, 3.63) is 35.6 Å². The molecule has 2 rings (SSSR count). The van der Waals surface area contributed by atoms with Crippen LogP contribution >= 0.6 is 0 Å². The van der Waals surface area contributed by atoms with E-state index in [-0.39, 0.29) is 25.3 Å². The van der Waals surface area contributed by atoms with E-state index in [1.165, 1.54) is 6.07 Å². The largest absolute Gasteiger partial charge is 0.480 e. The van der Waals surface area contributed by atoms with Crippen LogP contribution in [0.25, 0.3) is 0 Å². The third-order valence-electron chi connectivity index (χ3n) is 3.45. The lowest BCUT2D eigenvalue weighted by atomic mass is 10.1. The normalized spacial score (nSPS) is 21.3. The van der Waals surface area contributed by atoms with Gasteiger partial charge in [-0.3, -0.25) is 0 Å². The second kappa shape index (κ2) is 6.53. The van der Waals surface area contributed by atoms with Gasteiger partial charge in [0.1, 0.15) is 11.9 Å². The number of β-amino-alcohol motifs (C(OH)–C–C–N with tert-alkyl or cyclic N) is 1. The fourth-order valence-electron chi connectivity index (χ4n) is 2.38. The molecule has 114 valence electrons. The maximum absolute atomic E-state index is 13.4. The third kappa shape index (κ3) is 3.69. The monoisotopic (exact) mass is 296 g/mol. The summed E-state index contributed by atoms with van der Waals surface area (Å²) in [6.07, 6.45) is -0.494. The Bertz CT molecular complexity index is 537. The molecule has 1 saturated heterocycles. The van der Waals surface area contributed by atoms with Crippen LogP contribution in [0.5, 0.6) is 0 Å². The zero-order chi connectivity index (χ0) is 15.4. The molecule has 6 nitrogen and oxygen atoms in total. The van der Waals surface area contributed by atoms with E-state index in [4.69, 9.17) is 5.11 Å². The number of carboxylic acids is 1. The lowest BCUT2D eigenvalue weighted by Crippen LogP contribution is -2.46. The van der Waals surface area contributed by atoms with E-state index in [1.807, 2.05) is 0 Å². The Morgan fingerprint density at radius 1 is 1.38 bits per heavy atom. The maximum atomic E-state index is 13.4. The number of aliphatic hydroxyl groups excluding tert-OH is 1. The van der Waals surface area contributed by atoms with E-state index in [1.54, 1.807) is 18.2 Å². The van der Waals surface area contributed by atoms with Crippen LogP contribution in [0.4, 0.5) is 9.18 Å². The zero-order valence-electron chi connectivity index (χ0n) is 11.3. The van der Waals surface area contributed by atoms with Crippen molar-refractivity contribution in [2.24, 2.45) is 0 Å². The number of hydrogen-bond donors (Lipinski definition) is 3. The molecule has 21 heavy (non-hydrogen) atoms. The molecular formula is C14H17FN2O4. The minimum Gasteiger partial charge on any atom is -0.480 e. The molecule has 1 aliphatic rings. The quantitative estimate of drug-likeness (QED) is 0.759. The van der Waals surface area contributed by atoms with Gasteiger partial charge in [-0.15, -0.1) is 0 Å². The number of nitrogens with one attached hydrogen (secondary N) is 1. The van der Waals surface area contributed by atoms with Crippen molar-refractivity contribution in [1.82, 2.24) is 10.2 Å². The number of urea groups is 1. The van der Waals surface area contributed by atoms with Crippen molar-refractivity contribution in [2.75, 3.05) is 13.1 Å². The summed E-state index contributed by atoms with van der Waals surface area (Å²) in [5.41, 5.74) is 0.481. The van der Waals surface area contributed by atoms with Gasteiger partial charge in [-0.1, -0.05) is 18.2 Å². The van der Waals surface area contributed by atoms with Gasteiger partial charge in [-0.05, 0) is 18.1 Å². The summed E-state index contributed by atoms with van der Waals surface area (Å²) in [5.74, 6) is -1.48. The molecule has 3 N–H and O–H groups in total. The number of likely N-dealkylation sites (tertiary alicyclic amines) is 1. The SMILES string of the molecule is O=C(O)C1CC(O)CN1C(=O)NCCc1ccccc1F. The number of aliphatic hydroxyl groups is 1. The molecule has 1 aromatic rings. The molecule has 0 spiro atoms. The molecule has 1 aromatic carbocycles. The number of aliphatic carboxylic acids is 1. The smallest absolute Gasteiger partial charge is 0.326 e. The Morgan fingerprint density at radius 3 is 2.76 bits per heavy atom. The van der Waals surface area contributed by atoms with Crippen LogP contribution in [0.1, 0.15) is 12.0 Å². The maximum Gasteiger partial charge on any atom is 0.326 e. The van der Waals surface area contributed by atoms with Gasteiger partial charge in [-0.2, -0.15) is 0 Å². The first-order chi connectivity index (χ1) is 9.99. The predicted octanol–water partition coefficient (Wildman–Crippen LogP) is 0.598. The molecule has 1 aliphatic heterocycles. The van der Waals surface area contributed by atoms with Crippen LogP contribution in [0.2, 0.25) is 0 Å². The van der Waals surface area contributed by atoms with E-state index < -0.39 is 24.1 Å². The number of benzene rings is 1. The summed E-state index contributed by atoms with van der Waals surface area (Å²) in [7, 11) is 0. The molecule has 2 atom stereocenters. The van der Waals surface area contributed by atoms with Crippen molar-refractivity contribution < 1.29 is 24.2 Å². The Morgan fingerprint density at radius 2 is 2.10 bits per heavy atom. The molecule has 2 unspecified atom stereocenters. The van der Waals surface area contributed by atoms with Crippen molar-refractivity contribution in [3.8, 4) is 0 Å². The topological polar surface area (TPSA) is 89.9 Å². The van der Waals surface area contributed by atoms with Gasteiger partial charge in [0.25, 0.3) is 0 Å². The van der Waals surface area contributed by atoms with E-state index in [9.17, 15) is 19.1 Å². The first-order valence-electron chi connectivity index (χ1n) is 6.67. The van der Waals surface area contributed by atoms with Crippen LogP contribution in [-0.4, -0.2) is 52.3 Å². The number of hydrogen-bond acceptors (Lipinski definition) is 3. The number of carboxylic acid groups (broad SMARTS) is 1. The average molecular weight is 296 g/mol. The molecule has 0 bridgehead atoms. The Balaban J connectivity index is 1.87. The summed E-state index contributed by atoms with van der Waals surface area (Å²) in [4.78, 5) is 24.0. The van der Waals surface area contributed by atoms with E-state index in [0.717, 1.165) is 4.90 Å². The second-order valence-corrected chi connectivity index (χ2v) is 4.97. The van der Waals surface area contributed by atoms with Gasteiger partial charge >= 0.3 is 12.0 Å². The van der Waals surface area contributed by atoms with E-state index in [0.29, 0.717) is 12.0 Å². The van der Waals surface area contributed by atoms with Crippen LogP contribution in [0.3, 0.4) is 0 Å². The molecule has 0 radical (unpaired) electrons. The van der Waals surface area contributed by atoms with Gasteiger partial charge in [0.15, 0.2) is 0 Å². The molecule has 0 saturated carbocycles. The zero-order valence-corrected chi connectivity index (χ0v) is 11.3. The van der Waals surface area contributed by atoms with Crippen molar-refractivity contribution in [1.29, 1.82) is 0 Å². The highest BCUT2D eigenvalue weighted by Crippen LogP contribution is 2.18. The van der Waals surface area contributed by atoms with Gasteiger partial charge in [-0.25, -0.2) is 14.0 Å². The fraction of sp³-hybridized carbons (Fsp3) is 0.429. The molecule has 7 heteroatoms. The highest BCUT2D eigenvalue weighted by Gasteiger charge is 2.38. The number of carbonyl (C=O) groups is 2. The summed E-state index contributed by atoms with van der Waals surface area (Å²) in [6.45, 7) is 0.182. The first kappa shape index (κ1) is 15.2. The van der Waals surface area contributed by atoms with Gasteiger partial charge in [0.2, 0.25) is 0 Å². The summed E-state index contributed by atoms with van der Waals surface area (Å²) >= 11 is 0. The van der Waals surface area contributed by atoms with Crippen LogP contribution in [0, 0.1) is 5.82 Å². The van der Waals surface area contributed by atoms with Gasteiger partial charge < -0.3 is 20.4 Å². The fourth-order valence-corrected chi connectivity index (χ4v) is 2.38. The minimum atomic E-state index is -1.14. The third-order valence-corrected chi connectivity index (χ3v) is 3.45. The molecule has 0 aliphatic carbocycles. The first-order valence-corrected chi connectivity index (χ1v) is 6.67. The number of halogens is 1. The predicted molar refractivity (Wildman–Crippen MR) is 72.3 cm³/mol. The number of amides is 2. The molecular weight excluding hydrogens is 279 g/mol. The highest BCUT2D eigenvalue weighted by molar-refractivity contribution is 5.83. The molecule has 1 heterocycles. The number of carbonyl (C=O) groups excluding carboxylic acids is 1. The molecule has 2 amide bonds. The number of rotatable bonds is 4. The van der Waals surface area contributed by atoms with Crippen LogP contribution in [-0.2, 0) is 11.2 Å². The Kier molecular flexibility index (Phi) is 4.74. The Hall–Kier alpha value is -2.15. The van der Waals surface area contributed by atoms with E-state index >= 15 is 0 Å². The highest BCUT2D eigenvalue weighted by atomic mass is 19.1. The average Bonchev–Trinajstić information content (AvgIpc) is 2.83. The van der Waals surface area contributed by atoms with Gasteiger partial charge in [0, 0.05) is 19.5 Å². The van der Waals surface area contributed by atoms with Crippen LogP contribution < -0.4 is 5.32 Å². The number of nitrogens with zero attached hydrogens (tertiary/aromatic N) is 1. The molecule has 0 aromatic heterocycles. The second-order valence-electron chi connectivity index (χ2n) is 4.97. The van der Waals surface area contributed by atoms with Crippen LogP contribution in [0.15, 0.2) is 24.3 Å². The van der Waals surface area contributed by atoms with Crippen molar-refractivity contribution in [3.63, 3.8) is 0 Å². The van der Waals surface area contributed by atoms with Gasteiger partial charge in [0.05, 0.1) is 6.10 Å². The summed E-state index contributed by atoms with van der Waals surface area (Å²) in [5, 5.41) is 21.0. The van der Waals surface area contributed by atoms with Crippen molar-refractivity contribution >= 4 is 12.0 Å². The standard InChI is InChI=1S/C14H17FN2O4/c15-11-4-2-1-3-9(11)5-6-16-14(21)17-8-10(18)7-12(17)13(19)20/h1-4,10,12,18H,5-8H2,(H,16,21)(H,19,20). The van der Waals surface area contributed by atoms with Crippen molar-refractivity contribution in [2.45, 2.75) is 25.0 Å². The van der Waals surface area contributed by atoms with E-state index in [2.05, 4.69) is 5.32 Å². The lowest BCUT2D eigenvalue weighted by molar-refractivity contribution is -0.141. The summed E-state index contributed by atoms with van der Waals surface area (Å²) < 4.78 is 13.4. The summed E-state index contributed by atoms with van der Waals surface area (Å²) in [6, 6.07) is 4.68. The Labute approximate surface area is 121 Å². The minimum absolute atomic E-state index is 0.0114.